The van der Waals surface area contributed by atoms with E-state index in [1.54, 1.807) is 0 Å². The van der Waals surface area contributed by atoms with E-state index < -0.39 is 13.3 Å². The normalized spacial score (nSPS) is 9.17. The average molecular weight is 172 g/mol. The van der Waals surface area contributed by atoms with E-state index in [1.807, 2.05) is 0 Å². The molecule has 56 valence electrons. The topological polar surface area (TPSA) is 4.44 Å². The molecule has 0 aliphatic carbocycles. The van der Waals surface area contributed by atoms with Crippen LogP contribution < -0.4 is 17.1 Å². The molecule has 0 atom stereocenters. The molecule has 0 aromatic carbocycles. The minimum atomic E-state index is -0.471. The SMILES string of the molecule is [B]B([B])[NH+](CCCC)B([B])[B].[Cl-]. The maximum Gasteiger partial charge on any atom is 0.256 e. The Kier molecular flexibility index (Phi) is 10.4. The first-order valence-electron chi connectivity index (χ1n) is 3.97. The van der Waals surface area contributed by atoms with E-state index in [0.29, 0.717) is 0 Å². The fourth-order valence-electron chi connectivity index (χ4n) is 0.936. The number of hydrogen-bond donors (Lipinski definition) is 1. The van der Waals surface area contributed by atoms with Gasteiger partial charge in [-0.05, 0) is 6.42 Å². The summed E-state index contributed by atoms with van der Waals surface area (Å²) in [6, 6.07) is 0. The number of quaternary nitrogens is 1. The third-order valence-corrected chi connectivity index (χ3v) is 1.68. The Labute approximate surface area is 88.0 Å². The van der Waals surface area contributed by atoms with Gasteiger partial charge in [-0.25, -0.2) is 0 Å². The van der Waals surface area contributed by atoms with E-state index in [1.165, 1.54) is 0 Å². The fraction of sp³-hybridized carbons (Fsp3) is 1.00. The number of halogens is 1. The third kappa shape index (κ3) is 6.19. The van der Waals surface area contributed by atoms with Gasteiger partial charge in [0.15, 0.2) is 0 Å². The van der Waals surface area contributed by atoms with E-state index in [4.69, 9.17) is 30.9 Å². The van der Waals surface area contributed by atoms with Crippen molar-refractivity contribution < 1.29 is 17.1 Å². The maximum atomic E-state index is 5.46. The second-order valence-corrected chi connectivity index (χ2v) is 2.73. The Balaban J connectivity index is 0. The second-order valence-electron chi connectivity index (χ2n) is 2.73. The summed E-state index contributed by atoms with van der Waals surface area (Å²) in [6.07, 6.45) is 2.15. The Morgan fingerprint density at radius 1 is 1.08 bits per heavy atom. The zero-order valence-corrected chi connectivity index (χ0v) is 8.22. The summed E-state index contributed by atoms with van der Waals surface area (Å²) in [5.74, 6) is 0. The molecule has 1 N–H and O–H groups in total. The summed E-state index contributed by atoms with van der Waals surface area (Å²) in [4.78, 5) is 0. The van der Waals surface area contributed by atoms with Crippen molar-refractivity contribution in [2.45, 2.75) is 19.8 Å². The summed E-state index contributed by atoms with van der Waals surface area (Å²) in [5, 5.41) is 0. The van der Waals surface area contributed by atoms with Crippen LogP contribution in [0.25, 0.3) is 0 Å². The van der Waals surface area contributed by atoms with Crippen molar-refractivity contribution in [3.05, 3.63) is 0 Å². The van der Waals surface area contributed by atoms with Crippen LogP contribution in [0.4, 0.5) is 0 Å². The Hall–Kier alpha value is 0.640. The highest BCUT2D eigenvalue weighted by Crippen LogP contribution is 1.78. The number of hydrogen-bond acceptors (Lipinski definition) is 0. The van der Waals surface area contributed by atoms with Gasteiger partial charge < -0.3 is 17.1 Å². The molecule has 0 aromatic heterocycles. The standard InChI is InChI=1S/C4H9B6N.ClH/c1-2-3-4-11(9(5)6)10(7)8;/h2-4H2,1H3;1H. The van der Waals surface area contributed by atoms with Gasteiger partial charge in [0.2, 0.25) is 0 Å². The molecule has 0 bridgehead atoms. The number of rotatable bonds is 5. The molecule has 0 spiro atoms. The summed E-state index contributed by atoms with van der Waals surface area (Å²) in [5.41, 5.74) is 0. The van der Waals surface area contributed by atoms with Crippen LogP contribution in [-0.4, -0.2) is 50.8 Å². The molecule has 0 fully saturated rings. The first-order valence-corrected chi connectivity index (χ1v) is 3.97. The predicted octanol–water partition coefficient (Wildman–Crippen LogP) is -5.68. The molecule has 0 heterocycles. The van der Waals surface area contributed by atoms with Crippen molar-refractivity contribution in [2.24, 2.45) is 0 Å². The minimum Gasteiger partial charge on any atom is -1.00 e. The van der Waals surface area contributed by atoms with Crippen LogP contribution in [0, 0.1) is 0 Å². The largest absolute Gasteiger partial charge is 1.00 e. The Morgan fingerprint density at radius 3 is 1.75 bits per heavy atom. The molecule has 12 heavy (non-hydrogen) atoms. The highest BCUT2D eigenvalue weighted by Gasteiger charge is 2.20. The van der Waals surface area contributed by atoms with Crippen molar-refractivity contribution in [2.75, 3.05) is 6.54 Å². The van der Waals surface area contributed by atoms with Crippen LogP contribution in [0.3, 0.4) is 0 Å². The summed E-state index contributed by atoms with van der Waals surface area (Å²) in [7, 11) is 21.8. The van der Waals surface area contributed by atoms with Crippen molar-refractivity contribution >= 4 is 44.2 Å². The lowest BCUT2D eigenvalue weighted by Gasteiger charge is -2.27. The van der Waals surface area contributed by atoms with Crippen molar-refractivity contribution in [3.63, 3.8) is 0 Å². The van der Waals surface area contributed by atoms with Crippen molar-refractivity contribution in [1.29, 1.82) is 0 Å². The lowest BCUT2D eigenvalue weighted by atomic mass is 9.16. The number of nitrogens with one attached hydrogen (secondary N) is 1. The monoisotopic (exact) mass is 173 g/mol. The van der Waals surface area contributed by atoms with Gasteiger partial charge >= 0.3 is 0 Å². The smallest absolute Gasteiger partial charge is 0.256 e. The fourth-order valence-corrected chi connectivity index (χ4v) is 0.936. The van der Waals surface area contributed by atoms with E-state index >= 15 is 0 Å². The molecule has 0 rings (SSSR count). The molecular formula is C4H10B6ClN. The van der Waals surface area contributed by atoms with Crippen LogP contribution in [0.2, 0.25) is 0 Å². The molecule has 0 aromatic rings. The molecule has 0 amide bonds. The summed E-state index contributed by atoms with van der Waals surface area (Å²) < 4.78 is 0.854. The van der Waals surface area contributed by atoms with Gasteiger partial charge in [-0.2, -0.15) is 0 Å². The Morgan fingerprint density at radius 2 is 1.50 bits per heavy atom. The highest BCUT2D eigenvalue weighted by atomic mass is 35.5. The van der Waals surface area contributed by atoms with Crippen LogP contribution in [-0.2, 0) is 0 Å². The zero-order valence-electron chi connectivity index (χ0n) is 7.46. The summed E-state index contributed by atoms with van der Waals surface area (Å²) in [6.45, 7) is 2.00. The first-order chi connectivity index (χ1) is 5.09. The first kappa shape index (κ1) is 15.1. The quantitative estimate of drug-likeness (QED) is 0.395. The van der Waals surface area contributed by atoms with Gasteiger partial charge in [0.25, 0.3) is 13.3 Å². The van der Waals surface area contributed by atoms with E-state index in [9.17, 15) is 0 Å². The highest BCUT2D eigenvalue weighted by molar-refractivity contribution is 7.32. The molecule has 0 saturated carbocycles. The molecule has 0 saturated heterocycles. The van der Waals surface area contributed by atoms with Gasteiger partial charge in [0, 0.05) is 6.54 Å². The molecule has 8 radical (unpaired) electrons. The van der Waals surface area contributed by atoms with Crippen LogP contribution in [0.1, 0.15) is 19.8 Å². The third-order valence-electron chi connectivity index (χ3n) is 1.68. The van der Waals surface area contributed by atoms with Crippen molar-refractivity contribution in [1.82, 2.24) is 0 Å². The van der Waals surface area contributed by atoms with Gasteiger partial charge in [-0.15, -0.1) is 0 Å². The number of unbranched alkanes of at least 4 members (excludes halogenated alkanes) is 1. The second kappa shape index (κ2) is 8.25. The molecule has 8 heteroatoms. The van der Waals surface area contributed by atoms with Gasteiger partial charge in [0.1, 0.15) is 30.9 Å². The van der Waals surface area contributed by atoms with Crippen molar-refractivity contribution in [3.8, 4) is 0 Å². The molecule has 0 aliphatic heterocycles. The lowest BCUT2D eigenvalue weighted by molar-refractivity contribution is -0.655. The van der Waals surface area contributed by atoms with Gasteiger partial charge in [-0.3, -0.25) is 0 Å². The molecule has 0 aliphatic rings. The molecule has 1 nitrogen and oxygen atoms in total. The van der Waals surface area contributed by atoms with Crippen LogP contribution in [0.15, 0.2) is 0 Å². The average Bonchev–Trinajstić information content (AvgIpc) is 1.87. The van der Waals surface area contributed by atoms with E-state index in [0.717, 1.165) is 24.1 Å². The van der Waals surface area contributed by atoms with Crippen LogP contribution >= 0.6 is 0 Å². The Bertz CT molecular complexity index is 93.5. The predicted molar refractivity (Wildman–Crippen MR) is 55.3 cm³/mol. The maximum absolute atomic E-state index is 5.46. The van der Waals surface area contributed by atoms with E-state index in [-0.39, 0.29) is 12.4 Å². The van der Waals surface area contributed by atoms with Crippen LogP contribution in [0.5, 0.6) is 0 Å². The van der Waals surface area contributed by atoms with Gasteiger partial charge in [0.05, 0.1) is 0 Å². The molecular weight excluding hydrogens is 162 g/mol. The summed E-state index contributed by atoms with van der Waals surface area (Å²) >= 11 is 0. The van der Waals surface area contributed by atoms with Gasteiger partial charge in [-0.1, -0.05) is 13.3 Å². The zero-order chi connectivity index (χ0) is 8.85. The van der Waals surface area contributed by atoms with E-state index in [2.05, 4.69) is 6.92 Å². The lowest BCUT2D eigenvalue weighted by Crippen LogP contribution is -3.24. The minimum absolute atomic E-state index is 0. The molecule has 0 unspecified atom stereocenters.